The lowest BCUT2D eigenvalue weighted by Gasteiger charge is -2.00. The number of hydrogen-bond acceptors (Lipinski definition) is 4. The highest BCUT2D eigenvalue weighted by atomic mass is 35.5. The molecule has 4 rings (SSSR count). The first-order valence-corrected chi connectivity index (χ1v) is 8.31. The van der Waals surface area contributed by atoms with E-state index < -0.39 is 5.97 Å². The number of ether oxygens (including phenoxy) is 1. The first-order valence-electron chi connectivity index (χ1n) is 7.93. The third-order valence-electron chi connectivity index (χ3n) is 4.10. The summed E-state index contributed by atoms with van der Waals surface area (Å²) in [7, 11) is 0. The van der Waals surface area contributed by atoms with E-state index in [0.717, 1.165) is 10.9 Å². The van der Waals surface area contributed by atoms with Gasteiger partial charge in [0.15, 0.2) is 5.70 Å². The molecule has 6 heteroatoms. The van der Waals surface area contributed by atoms with E-state index in [4.69, 9.17) is 16.3 Å². The van der Waals surface area contributed by atoms with Gasteiger partial charge in [-0.2, -0.15) is 0 Å². The fourth-order valence-electron chi connectivity index (χ4n) is 2.89. The highest BCUT2D eigenvalue weighted by Gasteiger charge is 2.26. The number of hydrogen-bond donors (Lipinski definition) is 0. The van der Waals surface area contributed by atoms with Crippen LogP contribution in [0.25, 0.3) is 17.0 Å². The number of aromatic nitrogens is 1. The number of carbonyl (C=O) groups is 2. The Kier molecular flexibility index (Phi) is 3.93. The first-order chi connectivity index (χ1) is 12.5. The van der Waals surface area contributed by atoms with Crippen molar-refractivity contribution in [3.8, 4) is 0 Å². The van der Waals surface area contributed by atoms with E-state index in [1.165, 1.54) is 6.92 Å². The van der Waals surface area contributed by atoms with Crippen LogP contribution in [0.15, 0.2) is 65.4 Å². The predicted molar refractivity (Wildman–Crippen MR) is 100 cm³/mol. The zero-order chi connectivity index (χ0) is 18.3. The number of rotatable bonds is 2. The zero-order valence-electron chi connectivity index (χ0n) is 13.8. The van der Waals surface area contributed by atoms with Crippen molar-refractivity contribution >= 4 is 46.4 Å². The molecule has 1 aromatic heterocycles. The quantitative estimate of drug-likeness (QED) is 0.503. The minimum atomic E-state index is -0.556. The highest BCUT2D eigenvalue weighted by molar-refractivity contribution is 6.34. The van der Waals surface area contributed by atoms with E-state index in [-0.39, 0.29) is 17.5 Å². The lowest BCUT2D eigenvalue weighted by Crippen LogP contribution is -2.05. The Hall–Kier alpha value is -3.18. The Morgan fingerprint density at radius 1 is 1.15 bits per heavy atom. The number of cyclic esters (lactones) is 1. The molecule has 0 atom stereocenters. The van der Waals surface area contributed by atoms with E-state index in [9.17, 15) is 9.59 Å². The second kappa shape index (κ2) is 6.28. The monoisotopic (exact) mass is 364 g/mol. The first kappa shape index (κ1) is 16.3. The molecule has 0 radical (unpaired) electrons. The largest absolute Gasteiger partial charge is 0.402 e. The summed E-state index contributed by atoms with van der Waals surface area (Å²) in [5.41, 5.74) is 2.20. The van der Waals surface area contributed by atoms with E-state index in [2.05, 4.69) is 4.99 Å². The molecule has 1 aliphatic rings. The molecule has 2 aromatic carbocycles. The fourth-order valence-corrected chi connectivity index (χ4v) is 3.10. The highest BCUT2D eigenvalue weighted by Crippen LogP contribution is 2.27. The molecular formula is C20H13ClN2O3. The van der Waals surface area contributed by atoms with E-state index in [0.29, 0.717) is 16.1 Å². The van der Waals surface area contributed by atoms with Crippen molar-refractivity contribution in [2.45, 2.75) is 6.92 Å². The molecule has 0 amide bonds. The maximum absolute atomic E-state index is 12.2. The van der Waals surface area contributed by atoms with Gasteiger partial charge in [-0.05, 0) is 24.3 Å². The topological polar surface area (TPSA) is 60.7 Å². The summed E-state index contributed by atoms with van der Waals surface area (Å²) in [5.74, 6) is -0.498. The zero-order valence-corrected chi connectivity index (χ0v) is 14.5. The lowest BCUT2D eigenvalue weighted by molar-refractivity contribution is -0.129. The molecule has 0 aliphatic carbocycles. The third-order valence-corrected chi connectivity index (χ3v) is 4.43. The van der Waals surface area contributed by atoms with Crippen molar-refractivity contribution in [1.82, 2.24) is 4.57 Å². The van der Waals surface area contributed by atoms with Gasteiger partial charge in [0, 0.05) is 24.1 Å². The van der Waals surface area contributed by atoms with Crippen LogP contribution in [0.2, 0.25) is 5.02 Å². The Morgan fingerprint density at radius 3 is 2.65 bits per heavy atom. The maximum Gasteiger partial charge on any atom is 0.363 e. The number of nitrogens with zero attached hydrogens (tertiary/aromatic N) is 2. The summed E-state index contributed by atoms with van der Waals surface area (Å²) in [4.78, 5) is 28.4. The second-order valence-electron chi connectivity index (χ2n) is 5.81. The lowest BCUT2D eigenvalue weighted by atomic mass is 10.1. The summed E-state index contributed by atoms with van der Waals surface area (Å²) in [6, 6.07) is 14.5. The summed E-state index contributed by atoms with van der Waals surface area (Å²) < 4.78 is 6.81. The molecule has 26 heavy (non-hydrogen) atoms. The molecule has 0 saturated heterocycles. The van der Waals surface area contributed by atoms with Gasteiger partial charge in [-0.3, -0.25) is 9.36 Å². The Bertz CT molecular complexity index is 1130. The van der Waals surface area contributed by atoms with Crippen LogP contribution >= 0.6 is 11.6 Å². The molecule has 128 valence electrons. The summed E-state index contributed by atoms with van der Waals surface area (Å²) in [5, 5.41) is 1.30. The average Bonchev–Trinajstić information content (AvgIpc) is 3.17. The summed E-state index contributed by atoms with van der Waals surface area (Å²) >= 11 is 6.14. The van der Waals surface area contributed by atoms with Crippen molar-refractivity contribution in [2.24, 2.45) is 4.99 Å². The van der Waals surface area contributed by atoms with E-state index in [1.54, 1.807) is 41.1 Å². The molecule has 2 heterocycles. The van der Waals surface area contributed by atoms with E-state index in [1.807, 2.05) is 24.3 Å². The van der Waals surface area contributed by atoms with Crippen LogP contribution in [0.3, 0.4) is 0 Å². The van der Waals surface area contributed by atoms with Gasteiger partial charge in [0.1, 0.15) is 0 Å². The number of aliphatic imine (C=N–C) groups is 1. The number of benzene rings is 2. The van der Waals surface area contributed by atoms with Gasteiger partial charge in [-0.15, -0.1) is 0 Å². The van der Waals surface area contributed by atoms with Crippen molar-refractivity contribution in [3.63, 3.8) is 0 Å². The van der Waals surface area contributed by atoms with Crippen LogP contribution in [0.4, 0.5) is 0 Å². The van der Waals surface area contributed by atoms with Gasteiger partial charge in [-0.25, -0.2) is 9.79 Å². The number of esters is 1. The maximum atomic E-state index is 12.2. The standard InChI is InChI=1S/C20H13ClN2O3/c1-12(24)23-11-13(14-6-3-5-9-18(14)23)10-17-20(25)26-19(22-17)15-7-2-4-8-16(15)21/h2-11H,1H3. The van der Waals surface area contributed by atoms with Crippen molar-refractivity contribution < 1.29 is 14.3 Å². The average molecular weight is 365 g/mol. The molecule has 0 fully saturated rings. The molecule has 1 aliphatic heterocycles. The number of halogens is 1. The van der Waals surface area contributed by atoms with Gasteiger partial charge >= 0.3 is 5.97 Å². The van der Waals surface area contributed by atoms with Gasteiger partial charge in [0.05, 0.1) is 16.1 Å². The smallest absolute Gasteiger partial charge is 0.363 e. The normalized spacial score (nSPS) is 15.4. The SMILES string of the molecule is CC(=O)n1cc(C=C2N=C(c3ccccc3Cl)OC2=O)c2ccccc21. The van der Waals surface area contributed by atoms with Gasteiger partial charge in [-0.1, -0.05) is 41.9 Å². The molecule has 0 N–H and O–H groups in total. The van der Waals surface area contributed by atoms with Crippen LogP contribution in [0, 0.1) is 0 Å². The number of para-hydroxylation sites is 1. The van der Waals surface area contributed by atoms with Gasteiger partial charge < -0.3 is 4.74 Å². The molecular weight excluding hydrogens is 352 g/mol. The Labute approximate surface area is 154 Å². The van der Waals surface area contributed by atoms with Crippen molar-refractivity contribution in [1.29, 1.82) is 0 Å². The van der Waals surface area contributed by atoms with Crippen LogP contribution in [0.5, 0.6) is 0 Å². The van der Waals surface area contributed by atoms with Gasteiger partial charge in [0.2, 0.25) is 11.8 Å². The molecule has 0 saturated carbocycles. The summed E-state index contributed by atoms with van der Waals surface area (Å²) in [6.07, 6.45) is 3.31. The Balaban J connectivity index is 1.82. The summed E-state index contributed by atoms with van der Waals surface area (Å²) in [6.45, 7) is 1.49. The predicted octanol–water partition coefficient (Wildman–Crippen LogP) is 4.30. The molecule has 5 nitrogen and oxygen atoms in total. The van der Waals surface area contributed by atoms with Crippen LogP contribution in [-0.4, -0.2) is 22.3 Å². The Morgan fingerprint density at radius 2 is 1.88 bits per heavy atom. The molecule has 0 bridgehead atoms. The van der Waals surface area contributed by atoms with Crippen LogP contribution in [-0.2, 0) is 9.53 Å². The second-order valence-corrected chi connectivity index (χ2v) is 6.21. The minimum Gasteiger partial charge on any atom is -0.402 e. The molecule has 0 spiro atoms. The van der Waals surface area contributed by atoms with E-state index >= 15 is 0 Å². The third kappa shape index (κ3) is 2.72. The number of carbonyl (C=O) groups excluding carboxylic acids is 2. The minimum absolute atomic E-state index is 0.111. The molecule has 0 unspecified atom stereocenters. The van der Waals surface area contributed by atoms with Crippen LogP contribution < -0.4 is 0 Å². The van der Waals surface area contributed by atoms with Crippen molar-refractivity contribution in [3.05, 3.63) is 76.6 Å². The number of fused-ring (bicyclic) bond motifs is 1. The van der Waals surface area contributed by atoms with Crippen LogP contribution in [0.1, 0.15) is 22.8 Å². The van der Waals surface area contributed by atoms with Crippen molar-refractivity contribution in [2.75, 3.05) is 0 Å². The molecule has 3 aromatic rings. The van der Waals surface area contributed by atoms with Gasteiger partial charge in [0.25, 0.3) is 0 Å². The fraction of sp³-hybridized carbons (Fsp3) is 0.0500.